The van der Waals surface area contributed by atoms with E-state index in [2.05, 4.69) is 15.5 Å². The van der Waals surface area contributed by atoms with Gasteiger partial charge >= 0.3 is 0 Å². The van der Waals surface area contributed by atoms with Crippen LogP contribution in [0.3, 0.4) is 0 Å². The summed E-state index contributed by atoms with van der Waals surface area (Å²) in [6.45, 7) is 1.13. The zero-order valence-corrected chi connectivity index (χ0v) is 10.9. The Balaban J connectivity index is 1.89. The van der Waals surface area contributed by atoms with Crippen LogP contribution in [0.15, 0.2) is 30.5 Å². The van der Waals surface area contributed by atoms with Crippen LogP contribution in [0.2, 0.25) is 5.02 Å². The molecular weight excluding hydrogens is 246 g/mol. The predicted octanol–water partition coefficient (Wildman–Crippen LogP) is 3.02. The number of aromatic amines is 1. The number of hydrogen-bond acceptors (Lipinski definition) is 2. The minimum absolute atomic E-state index is 0.562. The van der Waals surface area contributed by atoms with Gasteiger partial charge in [-0.25, -0.2) is 0 Å². The van der Waals surface area contributed by atoms with Crippen LogP contribution in [-0.4, -0.2) is 22.8 Å². The summed E-state index contributed by atoms with van der Waals surface area (Å²) in [6, 6.07) is 8.47. The molecular formula is C14H16ClN3. The molecule has 2 aromatic rings. The van der Waals surface area contributed by atoms with Crippen LogP contribution < -0.4 is 5.32 Å². The first-order valence-corrected chi connectivity index (χ1v) is 6.73. The Morgan fingerprint density at radius 2 is 2.17 bits per heavy atom. The first-order chi connectivity index (χ1) is 8.84. The zero-order chi connectivity index (χ0) is 12.4. The molecule has 0 bridgehead atoms. The molecule has 0 spiro atoms. The molecule has 1 atom stereocenters. The number of H-pyrrole nitrogens is 1. The molecule has 0 radical (unpaired) electrons. The quantitative estimate of drug-likeness (QED) is 0.892. The van der Waals surface area contributed by atoms with Gasteiger partial charge in [0.15, 0.2) is 0 Å². The molecule has 2 heterocycles. The van der Waals surface area contributed by atoms with Gasteiger partial charge in [-0.15, -0.1) is 0 Å². The van der Waals surface area contributed by atoms with Crippen LogP contribution in [-0.2, 0) is 6.42 Å². The third-order valence-electron chi connectivity index (χ3n) is 3.50. The summed E-state index contributed by atoms with van der Waals surface area (Å²) >= 11 is 6.25. The lowest BCUT2D eigenvalue weighted by molar-refractivity contribution is 0.595. The largest absolute Gasteiger partial charge is 0.314 e. The second kappa shape index (κ2) is 5.12. The van der Waals surface area contributed by atoms with E-state index in [0.717, 1.165) is 29.1 Å². The molecule has 0 saturated carbocycles. The Hall–Kier alpha value is -1.32. The van der Waals surface area contributed by atoms with E-state index >= 15 is 0 Å². The molecule has 1 unspecified atom stereocenters. The molecule has 1 aliphatic rings. The summed E-state index contributed by atoms with van der Waals surface area (Å²) in [6.07, 6.45) is 5.35. The van der Waals surface area contributed by atoms with Crippen molar-refractivity contribution in [1.82, 2.24) is 15.5 Å². The van der Waals surface area contributed by atoms with Gasteiger partial charge in [0, 0.05) is 34.3 Å². The normalized spacial score (nSPS) is 19.3. The molecule has 1 saturated heterocycles. The van der Waals surface area contributed by atoms with Gasteiger partial charge in [-0.3, -0.25) is 5.10 Å². The Labute approximate surface area is 112 Å². The van der Waals surface area contributed by atoms with Crippen LogP contribution in [0.1, 0.15) is 18.5 Å². The highest BCUT2D eigenvalue weighted by molar-refractivity contribution is 6.33. The first kappa shape index (κ1) is 11.8. The number of nitrogens with zero attached hydrogens (tertiary/aromatic N) is 1. The predicted molar refractivity (Wildman–Crippen MR) is 73.8 cm³/mol. The number of hydrogen-bond donors (Lipinski definition) is 2. The Morgan fingerprint density at radius 3 is 2.94 bits per heavy atom. The maximum atomic E-state index is 6.25. The van der Waals surface area contributed by atoms with Crippen LogP contribution in [0, 0.1) is 0 Å². The molecule has 2 N–H and O–H groups in total. The number of aromatic nitrogens is 2. The number of rotatable bonds is 3. The summed E-state index contributed by atoms with van der Waals surface area (Å²) in [5.41, 5.74) is 3.35. The highest BCUT2D eigenvalue weighted by Crippen LogP contribution is 2.30. The third kappa shape index (κ3) is 2.28. The molecule has 0 aliphatic carbocycles. The topological polar surface area (TPSA) is 40.7 Å². The molecule has 1 aliphatic heterocycles. The van der Waals surface area contributed by atoms with Crippen LogP contribution >= 0.6 is 11.6 Å². The lowest BCUT2D eigenvalue weighted by Gasteiger charge is -2.10. The van der Waals surface area contributed by atoms with Gasteiger partial charge < -0.3 is 5.32 Å². The van der Waals surface area contributed by atoms with Gasteiger partial charge in [0.05, 0.1) is 6.20 Å². The smallest absolute Gasteiger partial charge is 0.0569 e. The van der Waals surface area contributed by atoms with E-state index in [4.69, 9.17) is 11.6 Å². The van der Waals surface area contributed by atoms with Crippen molar-refractivity contribution in [2.24, 2.45) is 0 Å². The fourth-order valence-corrected chi connectivity index (χ4v) is 2.80. The third-order valence-corrected chi connectivity index (χ3v) is 3.82. The van der Waals surface area contributed by atoms with Crippen LogP contribution in [0.25, 0.3) is 11.1 Å². The number of halogens is 1. The minimum Gasteiger partial charge on any atom is -0.314 e. The van der Waals surface area contributed by atoms with Crippen LogP contribution in [0.4, 0.5) is 0 Å². The summed E-state index contributed by atoms with van der Waals surface area (Å²) < 4.78 is 0. The average molecular weight is 262 g/mol. The molecule has 3 nitrogen and oxygen atoms in total. The molecule has 18 heavy (non-hydrogen) atoms. The fourth-order valence-electron chi connectivity index (χ4n) is 2.56. The minimum atomic E-state index is 0.562. The van der Waals surface area contributed by atoms with Gasteiger partial charge in [0.2, 0.25) is 0 Å². The Morgan fingerprint density at radius 1 is 1.28 bits per heavy atom. The lowest BCUT2D eigenvalue weighted by Crippen LogP contribution is -2.24. The van der Waals surface area contributed by atoms with E-state index in [1.165, 1.54) is 18.5 Å². The van der Waals surface area contributed by atoms with E-state index < -0.39 is 0 Å². The maximum absolute atomic E-state index is 6.25. The van der Waals surface area contributed by atoms with Crippen molar-refractivity contribution < 1.29 is 0 Å². The molecule has 4 heteroatoms. The maximum Gasteiger partial charge on any atom is 0.0569 e. The van der Waals surface area contributed by atoms with Gasteiger partial charge in [0.25, 0.3) is 0 Å². The van der Waals surface area contributed by atoms with Crippen molar-refractivity contribution in [3.63, 3.8) is 0 Å². The second-order valence-corrected chi connectivity index (χ2v) is 5.15. The fraction of sp³-hybridized carbons (Fsp3) is 0.357. The highest BCUT2D eigenvalue weighted by Gasteiger charge is 2.18. The average Bonchev–Trinajstić information content (AvgIpc) is 3.02. The summed E-state index contributed by atoms with van der Waals surface area (Å²) in [5, 5.41) is 11.6. The Bertz CT molecular complexity index is 529. The van der Waals surface area contributed by atoms with Crippen molar-refractivity contribution in [2.45, 2.75) is 25.3 Å². The van der Waals surface area contributed by atoms with E-state index in [-0.39, 0.29) is 0 Å². The van der Waals surface area contributed by atoms with E-state index in [9.17, 15) is 0 Å². The Kier molecular flexibility index (Phi) is 3.35. The van der Waals surface area contributed by atoms with Crippen molar-refractivity contribution in [3.05, 3.63) is 41.2 Å². The molecule has 1 fully saturated rings. The standard InChI is InChI=1S/C14H16ClN3/c15-13-6-2-1-5-11(13)12-9-17-18-14(12)8-10-4-3-7-16-10/h1-2,5-6,9-10,16H,3-4,7-8H2,(H,17,18). The SMILES string of the molecule is Clc1ccccc1-c1cn[nH]c1CC1CCCN1. The van der Waals surface area contributed by atoms with Crippen molar-refractivity contribution in [2.75, 3.05) is 6.54 Å². The molecule has 0 amide bonds. The first-order valence-electron chi connectivity index (χ1n) is 6.35. The summed E-state index contributed by atoms with van der Waals surface area (Å²) in [7, 11) is 0. The highest BCUT2D eigenvalue weighted by atomic mass is 35.5. The van der Waals surface area contributed by atoms with Crippen molar-refractivity contribution in [3.8, 4) is 11.1 Å². The van der Waals surface area contributed by atoms with E-state index in [1.54, 1.807) is 0 Å². The monoisotopic (exact) mass is 261 g/mol. The molecule has 3 rings (SSSR count). The van der Waals surface area contributed by atoms with Gasteiger partial charge in [-0.2, -0.15) is 5.10 Å². The van der Waals surface area contributed by atoms with Crippen LogP contribution in [0.5, 0.6) is 0 Å². The lowest BCUT2D eigenvalue weighted by atomic mass is 10.0. The zero-order valence-electron chi connectivity index (χ0n) is 10.1. The molecule has 1 aromatic heterocycles. The number of nitrogens with one attached hydrogen (secondary N) is 2. The van der Waals surface area contributed by atoms with Gasteiger partial charge in [0.1, 0.15) is 0 Å². The van der Waals surface area contributed by atoms with Gasteiger partial charge in [-0.1, -0.05) is 29.8 Å². The van der Waals surface area contributed by atoms with E-state index in [0.29, 0.717) is 6.04 Å². The molecule has 94 valence electrons. The molecule has 1 aromatic carbocycles. The number of benzene rings is 1. The van der Waals surface area contributed by atoms with Crippen molar-refractivity contribution in [1.29, 1.82) is 0 Å². The second-order valence-electron chi connectivity index (χ2n) is 4.74. The summed E-state index contributed by atoms with van der Waals surface area (Å²) in [4.78, 5) is 0. The van der Waals surface area contributed by atoms with E-state index in [1.807, 2.05) is 30.5 Å². The summed E-state index contributed by atoms with van der Waals surface area (Å²) in [5.74, 6) is 0. The van der Waals surface area contributed by atoms with Gasteiger partial charge in [-0.05, 0) is 25.5 Å². The van der Waals surface area contributed by atoms with Crippen molar-refractivity contribution >= 4 is 11.6 Å².